The molecule has 0 aliphatic carbocycles. The Kier molecular flexibility index (Phi) is 7.96. The molecule has 0 amide bonds. The maximum atomic E-state index is 5.53. The molecule has 92 valence electrons. The second kappa shape index (κ2) is 8.37. The Labute approximate surface area is 104 Å². The van der Waals surface area contributed by atoms with Crippen molar-refractivity contribution in [1.82, 2.24) is 10.6 Å². The Morgan fingerprint density at radius 3 is 2.50 bits per heavy atom. The van der Waals surface area contributed by atoms with Crippen LogP contribution in [0.1, 0.15) is 33.1 Å². The molecule has 0 saturated heterocycles. The van der Waals surface area contributed by atoms with Gasteiger partial charge in [0.1, 0.15) is 0 Å². The molecule has 0 aliphatic rings. The molecule has 0 rings (SSSR count). The molecule has 3 nitrogen and oxygen atoms in total. The number of ether oxygens (including phenoxy) is 1. The molecule has 0 aromatic carbocycles. The van der Waals surface area contributed by atoms with Crippen LogP contribution >= 0.6 is 12.2 Å². The number of nitrogens with one attached hydrogen (secondary N) is 2. The average Bonchev–Trinajstić information content (AvgIpc) is 2.32. The quantitative estimate of drug-likeness (QED) is 0.404. The molecule has 0 fully saturated rings. The molecule has 4 heteroatoms. The molecule has 0 radical (unpaired) electrons. The van der Waals surface area contributed by atoms with Gasteiger partial charge in [-0.25, -0.2) is 0 Å². The van der Waals surface area contributed by atoms with Crippen LogP contribution in [0.3, 0.4) is 0 Å². The van der Waals surface area contributed by atoms with Gasteiger partial charge in [0.05, 0.1) is 5.54 Å². The predicted molar refractivity (Wildman–Crippen MR) is 72.4 cm³/mol. The highest BCUT2D eigenvalue weighted by atomic mass is 32.1. The van der Waals surface area contributed by atoms with E-state index >= 15 is 0 Å². The zero-order chi connectivity index (χ0) is 12.4. The van der Waals surface area contributed by atoms with Crippen LogP contribution in [0.15, 0.2) is 0 Å². The van der Waals surface area contributed by atoms with Crippen molar-refractivity contribution in [2.24, 2.45) is 0 Å². The molecule has 16 heavy (non-hydrogen) atoms. The number of terminal acetylenes is 1. The zero-order valence-corrected chi connectivity index (χ0v) is 11.2. The van der Waals surface area contributed by atoms with Gasteiger partial charge in [-0.3, -0.25) is 0 Å². The molecule has 0 heterocycles. The predicted octanol–water partition coefficient (Wildman–Crippen LogP) is 1.68. The number of rotatable bonds is 7. The highest BCUT2D eigenvalue weighted by Crippen LogP contribution is 2.13. The van der Waals surface area contributed by atoms with Gasteiger partial charge in [-0.05, 0) is 31.5 Å². The molecule has 2 N–H and O–H groups in total. The zero-order valence-electron chi connectivity index (χ0n) is 10.4. The average molecular weight is 242 g/mol. The minimum Gasteiger partial charge on any atom is -0.385 e. The van der Waals surface area contributed by atoms with E-state index in [0.29, 0.717) is 5.11 Å². The third-order valence-corrected chi connectivity index (χ3v) is 2.89. The monoisotopic (exact) mass is 242 g/mol. The molecule has 0 aromatic heterocycles. The Morgan fingerprint density at radius 2 is 2.06 bits per heavy atom. The maximum absolute atomic E-state index is 5.53. The number of methoxy groups -OCH3 is 1. The summed E-state index contributed by atoms with van der Waals surface area (Å²) in [5, 5.41) is 6.94. The normalized spacial score (nSPS) is 10.6. The fraction of sp³-hybridized carbons (Fsp3) is 0.750. The summed E-state index contributed by atoms with van der Waals surface area (Å²) in [5.41, 5.74) is -0.314. The van der Waals surface area contributed by atoms with E-state index in [1.54, 1.807) is 7.11 Å². The van der Waals surface area contributed by atoms with Crippen LogP contribution in [0.5, 0.6) is 0 Å². The lowest BCUT2D eigenvalue weighted by molar-refractivity contribution is 0.195. The van der Waals surface area contributed by atoms with Crippen molar-refractivity contribution in [2.75, 3.05) is 20.3 Å². The van der Waals surface area contributed by atoms with Gasteiger partial charge in [-0.1, -0.05) is 19.8 Å². The SMILES string of the molecule is C#CC(CC)(CC)NC(=S)NCCCOC. The standard InChI is InChI=1S/C12H22N2OS/c1-5-12(6-2,7-3)14-11(16)13-9-8-10-15-4/h1H,6-10H2,2-4H3,(H2,13,14,16). The van der Waals surface area contributed by atoms with Crippen LogP contribution in [0.2, 0.25) is 0 Å². The van der Waals surface area contributed by atoms with Crippen molar-refractivity contribution in [3.05, 3.63) is 0 Å². The lowest BCUT2D eigenvalue weighted by atomic mass is 9.94. The molecule has 0 bridgehead atoms. The van der Waals surface area contributed by atoms with E-state index in [-0.39, 0.29) is 5.54 Å². The van der Waals surface area contributed by atoms with E-state index in [1.165, 1.54) is 0 Å². The van der Waals surface area contributed by atoms with Crippen molar-refractivity contribution >= 4 is 17.3 Å². The van der Waals surface area contributed by atoms with Crippen LogP contribution in [0, 0.1) is 12.3 Å². The van der Waals surface area contributed by atoms with E-state index < -0.39 is 0 Å². The van der Waals surface area contributed by atoms with Crippen LogP contribution < -0.4 is 10.6 Å². The van der Waals surface area contributed by atoms with E-state index in [0.717, 1.165) is 32.4 Å². The van der Waals surface area contributed by atoms with Crippen molar-refractivity contribution in [3.63, 3.8) is 0 Å². The van der Waals surface area contributed by atoms with Gasteiger partial charge in [0.15, 0.2) is 5.11 Å². The van der Waals surface area contributed by atoms with Crippen molar-refractivity contribution < 1.29 is 4.74 Å². The number of hydrogen-bond acceptors (Lipinski definition) is 2. The third-order valence-electron chi connectivity index (χ3n) is 2.65. The topological polar surface area (TPSA) is 33.3 Å². The minimum atomic E-state index is -0.314. The molecule has 0 saturated carbocycles. The Morgan fingerprint density at radius 1 is 1.44 bits per heavy atom. The lowest BCUT2D eigenvalue weighted by Crippen LogP contribution is -2.50. The van der Waals surface area contributed by atoms with Crippen LogP contribution in [-0.4, -0.2) is 30.9 Å². The molecular weight excluding hydrogens is 220 g/mol. The first kappa shape index (κ1) is 15.2. The summed E-state index contributed by atoms with van der Waals surface area (Å²) < 4.78 is 4.95. The Hall–Kier alpha value is -0.790. The summed E-state index contributed by atoms with van der Waals surface area (Å²) in [6, 6.07) is 0. The molecule has 0 atom stereocenters. The summed E-state index contributed by atoms with van der Waals surface area (Å²) >= 11 is 5.19. The van der Waals surface area contributed by atoms with Gasteiger partial charge in [0.2, 0.25) is 0 Å². The maximum Gasteiger partial charge on any atom is 0.167 e. The highest BCUT2D eigenvalue weighted by molar-refractivity contribution is 7.80. The lowest BCUT2D eigenvalue weighted by Gasteiger charge is -2.28. The molecule has 0 aromatic rings. The highest BCUT2D eigenvalue weighted by Gasteiger charge is 2.23. The minimum absolute atomic E-state index is 0.314. The van der Waals surface area contributed by atoms with Crippen LogP contribution in [0.25, 0.3) is 0 Å². The Balaban J connectivity index is 3.98. The van der Waals surface area contributed by atoms with Gasteiger partial charge < -0.3 is 15.4 Å². The van der Waals surface area contributed by atoms with E-state index in [2.05, 4.69) is 30.4 Å². The first-order valence-corrected chi connectivity index (χ1v) is 6.07. The second-order valence-corrected chi connectivity index (χ2v) is 4.07. The van der Waals surface area contributed by atoms with Crippen molar-refractivity contribution in [3.8, 4) is 12.3 Å². The van der Waals surface area contributed by atoms with Gasteiger partial charge in [-0.2, -0.15) is 0 Å². The molecule has 0 spiro atoms. The van der Waals surface area contributed by atoms with Crippen molar-refractivity contribution in [2.45, 2.75) is 38.6 Å². The van der Waals surface area contributed by atoms with Gasteiger partial charge in [-0.15, -0.1) is 6.42 Å². The van der Waals surface area contributed by atoms with Gasteiger partial charge >= 0.3 is 0 Å². The van der Waals surface area contributed by atoms with Gasteiger partial charge in [0, 0.05) is 20.3 Å². The second-order valence-electron chi connectivity index (χ2n) is 3.66. The Bertz CT molecular complexity index is 244. The summed E-state index contributed by atoms with van der Waals surface area (Å²) in [6.07, 6.45) is 8.19. The summed E-state index contributed by atoms with van der Waals surface area (Å²) in [6.45, 7) is 5.65. The van der Waals surface area contributed by atoms with E-state index in [9.17, 15) is 0 Å². The largest absolute Gasteiger partial charge is 0.385 e. The van der Waals surface area contributed by atoms with Crippen LogP contribution in [0.4, 0.5) is 0 Å². The molecular formula is C12H22N2OS. The summed E-state index contributed by atoms with van der Waals surface area (Å²) in [4.78, 5) is 0. The first-order chi connectivity index (χ1) is 7.64. The fourth-order valence-corrected chi connectivity index (χ4v) is 1.64. The smallest absolute Gasteiger partial charge is 0.167 e. The van der Waals surface area contributed by atoms with Gasteiger partial charge in [0.25, 0.3) is 0 Å². The number of hydrogen-bond donors (Lipinski definition) is 2. The van der Waals surface area contributed by atoms with Crippen molar-refractivity contribution in [1.29, 1.82) is 0 Å². The molecule has 0 unspecified atom stereocenters. The summed E-state index contributed by atoms with van der Waals surface area (Å²) in [7, 11) is 1.69. The van der Waals surface area contributed by atoms with E-state index in [1.807, 2.05) is 0 Å². The first-order valence-electron chi connectivity index (χ1n) is 5.66. The fourth-order valence-electron chi connectivity index (χ4n) is 1.35. The summed E-state index contributed by atoms with van der Waals surface area (Å²) in [5.74, 6) is 2.78. The number of thiocarbonyl (C=S) groups is 1. The third kappa shape index (κ3) is 5.34. The molecule has 0 aliphatic heterocycles. The van der Waals surface area contributed by atoms with Crippen LogP contribution in [-0.2, 0) is 4.74 Å². The van der Waals surface area contributed by atoms with E-state index in [4.69, 9.17) is 23.4 Å².